The van der Waals surface area contributed by atoms with Gasteiger partial charge in [-0.05, 0) is 43.2 Å². The van der Waals surface area contributed by atoms with Crippen LogP contribution in [0.5, 0.6) is 5.75 Å². The lowest BCUT2D eigenvalue weighted by molar-refractivity contribution is 0.340. The van der Waals surface area contributed by atoms with Crippen molar-refractivity contribution in [3.63, 3.8) is 0 Å². The molecule has 2 N–H and O–H groups in total. The van der Waals surface area contributed by atoms with Crippen molar-refractivity contribution in [2.75, 3.05) is 26.2 Å². The summed E-state index contributed by atoms with van der Waals surface area (Å²) in [6, 6.07) is 12.0. The van der Waals surface area contributed by atoms with Gasteiger partial charge >= 0.3 is 0 Å². The van der Waals surface area contributed by atoms with Crippen LogP contribution in [0.1, 0.15) is 18.2 Å². The maximum Gasteiger partial charge on any atom is 0.191 e. The van der Waals surface area contributed by atoms with Crippen LogP contribution >= 0.6 is 0 Å². The normalized spacial score (nSPS) is 11.2. The number of nitrogens with zero attached hydrogens (tertiary/aromatic N) is 1. The van der Waals surface area contributed by atoms with Gasteiger partial charge in [0.15, 0.2) is 5.96 Å². The molecule has 0 aliphatic carbocycles. The van der Waals surface area contributed by atoms with Crippen LogP contribution < -0.4 is 15.4 Å². The third-order valence-corrected chi connectivity index (χ3v) is 3.54. The van der Waals surface area contributed by atoms with Gasteiger partial charge in [-0.3, -0.25) is 4.99 Å². The molecule has 0 aliphatic heterocycles. The van der Waals surface area contributed by atoms with Gasteiger partial charge in [0.05, 0.1) is 12.9 Å². The van der Waals surface area contributed by atoms with E-state index in [0.717, 1.165) is 36.9 Å². The monoisotopic (exact) mass is 341 g/mol. The Kier molecular flexibility index (Phi) is 8.18. The topological polar surface area (TPSA) is 58.8 Å². The highest BCUT2D eigenvalue weighted by Gasteiger charge is 2.01. The zero-order valence-electron chi connectivity index (χ0n) is 14.8. The van der Waals surface area contributed by atoms with Gasteiger partial charge in [0.1, 0.15) is 11.5 Å². The molecule has 1 aromatic heterocycles. The second-order valence-electron chi connectivity index (χ2n) is 5.49. The minimum Gasteiger partial charge on any atom is -0.494 e. The van der Waals surface area contributed by atoms with Crippen molar-refractivity contribution < 1.29 is 9.15 Å². The number of hydrogen-bond acceptors (Lipinski definition) is 3. The third-order valence-electron chi connectivity index (χ3n) is 3.54. The first kappa shape index (κ1) is 18.6. The molecule has 0 unspecified atom stereocenters. The zero-order valence-corrected chi connectivity index (χ0v) is 14.8. The van der Waals surface area contributed by atoms with E-state index >= 15 is 0 Å². The van der Waals surface area contributed by atoms with Gasteiger partial charge in [-0.25, -0.2) is 0 Å². The van der Waals surface area contributed by atoms with E-state index in [1.807, 2.05) is 37.3 Å². The van der Waals surface area contributed by atoms with Crippen molar-refractivity contribution in [1.29, 1.82) is 0 Å². The fraction of sp³-hybridized carbons (Fsp3) is 0.350. The van der Waals surface area contributed by atoms with Gasteiger partial charge in [0, 0.05) is 26.1 Å². The lowest BCUT2D eigenvalue weighted by atomic mass is 10.1. The smallest absolute Gasteiger partial charge is 0.191 e. The molecular weight excluding hydrogens is 314 g/mol. The molecule has 0 saturated carbocycles. The quantitative estimate of drug-likeness (QED) is 0.396. The number of guanidine groups is 1. The molecule has 5 nitrogen and oxygen atoms in total. The molecule has 2 aromatic rings. The number of hydrogen-bond donors (Lipinski definition) is 2. The molecular formula is C20H27N3O2. The Labute approximate surface area is 149 Å². The molecule has 0 aliphatic rings. The molecule has 5 heteroatoms. The van der Waals surface area contributed by atoms with Gasteiger partial charge in [-0.15, -0.1) is 6.58 Å². The fourth-order valence-corrected chi connectivity index (χ4v) is 2.36. The maximum absolute atomic E-state index is 5.54. The summed E-state index contributed by atoms with van der Waals surface area (Å²) < 4.78 is 10.9. The van der Waals surface area contributed by atoms with E-state index < -0.39 is 0 Å². The summed E-state index contributed by atoms with van der Waals surface area (Å²) >= 11 is 0. The van der Waals surface area contributed by atoms with Crippen molar-refractivity contribution in [1.82, 2.24) is 10.6 Å². The molecule has 2 rings (SSSR count). The van der Waals surface area contributed by atoms with Gasteiger partial charge < -0.3 is 19.8 Å². The number of aliphatic imine (C=N–C) groups is 1. The van der Waals surface area contributed by atoms with E-state index in [2.05, 4.69) is 34.3 Å². The average molecular weight is 341 g/mol. The summed E-state index contributed by atoms with van der Waals surface area (Å²) in [5, 5.41) is 6.59. The molecule has 0 radical (unpaired) electrons. The molecule has 1 aromatic carbocycles. The zero-order chi connectivity index (χ0) is 17.7. The van der Waals surface area contributed by atoms with Gasteiger partial charge in [0.2, 0.25) is 0 Å². The fourth-order valence-electron chi connectivity index (χ4n) is 2.36. The number of rotatable bonds is 10. The Morgan fingerprint density at radius 3 is 2.92 bits per heavy atom. The summed E-state index contributed by atoms with van der Waals surface area (Å²) in [6.45, 7) is 8.54. The summed E-state index contributed by atoms with van der Waals surface area (Å²) in [6.07, 6.45) is 5.18. The first-order valence-corrected chi connectivity index (χ1v) is 8.69. The van der Waals surface area contributed by atoms with E-state index in [4.69, 9.17) is 9.15 Å². The predicted octanol–water partition coefficient (Wildman–Crippen LogP) is 3.18. The maximum atomic E-state index is 5.54. The molecule has 0 amide bonds. The second-order valence-corrected chi connectivity index (χ2v) is 5.49. The minimum atomic E-state index is 0.666. The van der Waals surface area contributed by atoms with E-state index in [1.54, 1.807) is 6.26 Å². The highest BCUT2D eigenvalue weighted by atomic mass is 16.5. The van der Waals surface area contributed by atoms with Crippen LogP contribution in [0.3, 0.4) is 0 Å². The Hall–Kier alpha value is -2.69. The molecule has 0 atom stereocenters. The van der Waals surface area contributed by atoms with Crippen molar-refractivity contribution >= 4 is 5.96 Å². The van der Waals surface area contributed by atoms with Crippen LogP contribution in [0.25, 0.3) is 0 Å². The van der Waals surface area contributed by atoms with Crippen molar-refractivity contribution in [3.05, 3.63) is 66.6 Å². The van der Waals surface area contributed by atoms with Crippen LogP contribution in [0.2, 0.25) is 0 Å². The predicted molar refractivity (Wildman–Crippen MR) is 102 cm³/mol. The Balaban J connectivity index is 1.81. The Bertz CT molecular complexity index is 651. The third kappa shape index (κ3) is 7.16. The molecule has 1 heterocycles. The van der Waals surface area contributed by atoms with Crippen molar-refractivity contribution in [2.24, 2.45) is 4.99 Å². The molecule has 25 heavy (non-hydrogen) atoms. The Morgan fingerprint density at radius 1 is 1.24 bits per heavy atom. The highest BCUT2D eigenvalue weighted by molar-refractivity contribution is 5.79. The van der Waals surface area contributed by atoms with Crippen LogP contribution in [0.15, 0.2) is 64.7 Å². The summed E-state index contributed by atoms with van der Waals surface area (Å²) in [7, 11) is 0. The highest BCUT2D eigenvalue weighted by Crippen LogP contribution is 2.13. The summed E-state index contributed by atoms with van der Waals surface area (Å²) in [4.78, 5) is 4.58. The molecule has 0 spiro atoms. The standard InChI is InChI=1S/C20H27N3O2/c1-3-12-21-20(23-14-11-18-9-6-15-25-18)22-13-10-17-7-5-8-19(16-17)24-4-2/h3,5-9,15-16H,1,4,10-14H2,2H3,(H2,21,22,23). The van der Waals surface area contributed by atoms with E-state index in [-0.39, 0.29) is 0 Å². The van der Waals surface area contributed by atoms with Gasteiger partial charge in [0.25, 0.3) is 0 Å². The first-order valence-electron chi connectivity index (χ1n) is 8.69. The van der Waals surface area contributed by atoms with Gasteiger partial charge in [-0.1, -0.05) is 18.2 Å². The number of benzene rings is 1. The average Bonchev–Trinajstić information content (AvgIpc) is 3.13. The minimum absolute atomic E-state index is 0.666. The first-order chi connectivity index (χ1) is 12.3. The number of furan rings is 1. The molecule has 134 valence electrons. The second kappa shape index (κ2) is 11.0. The summed E-state index contributed by atoms with van der Waals surface area (Å²) in [5.41, 5.74) is 1.23. The van der Waals surface area contributed by atoms with Gasteiger partial charge in [-0.2, -0.15) is 0 Å². The largest absolute Gasteiger partial charge is 0.494 e. The molecule has 0 fully saturated rings. The van der Waals surface area contributed by atoms with E-state index in [0.29, 0.717) is 19.7 Å². The van der Waals surface area contributed by atoms with Crippen LogP contribution in [0.4, 0.5) is 0 Å². The van der Waals surface area contributed by atoms with Crippen LogP contribution in [0, 0.1) is 0 Å². The number of ether oxygens (including phenoxy) is 1. The van der Waals surface area contributed by atoms with E-state index in [1.165, 1.54) is 5.56 Å². The molecule has 0 saturated heterocycles. The Morgan fingerprint density at radius 2 is 2.16 bits per heavy atom. The van der Waals surface area contributed by atoms with E-state index in [9.17, 15) is 0 Å². The van der Waals surface area contributed by atoms with Crippen molar-refractivity contribution in [2.45, 2.75) is 19.8 Å². The number of nitrogens with one attached hydrogen (secondary N) is 2. The van der Waals surface area contributed by atoms with Crippen LogP contribution in [-0.2, 0) is 12.8 Å². The summed E-state index contributed by atoms with van der Waals surface area (Å²) in [5.74, 6) is 2.64. The van der Waals surface area contributed by atoms with Crippen molar-refractivity contribution in [3.8, 4) is 5.75 Å². The SMILES string of the molecule is C=CCNC(=NCCc1ccco1)NCCc1cccc(OCC)c1. The lowest BCUT2D eigenvalue weighted by Gasteiger charge is -2.12. The van der Waals surface area contributed by atoms with Crippen LogP contribution in [-0.4, -0.2) is 32.2 Å². The molecule has 0 bridgehead atoms. The lowest BCUT2D eigenvalue weighted by Crippen LogP contribution is -2.38.